The molecule has 37 heavy (non-hydrogen) atoms. The van der Waals surface area contributed by atoms with Crippen molar-refractivity contribution in [3.63, 3.8) is 0 Å². The number of hydrogen-bond acceptors (Lipinski definition) is 9. The molecular weight excluding hydrogens is 491 g/mol. The maximum atomic E-state index is 14.6. The standard InChI is InChI=1S/C25H37FN2O9/c1-5-8-9-10-13-18(29)34-15-28-23(32)17(26)14-27(25(28)33)24-22(37-20(31)12-7-3)21(16(4)35-24)36-19(30)11-6-2/h14,16,21-22,24H,5-13,15H2,1-4H3/t16-,21-,22-,24-/m1/s1. The van der Waals surface area contributed by atoms with Gasteiger partial charge in [0.25, 0.3) is 5.56 Å². The third-order valence-electron chi connectivity index (χ3n) is 5.88. The molecule has 1 aromatic rings. The molecule has 0 spiro atoms. The van der Waals surface area contributed by atoms with E-state index in [-0.39, 0.29) is 19.3 Å². The van der Waals surface area contributed by atoms with Crippen molar-refractivity contribution in [2.45, 2.75) is 117 Å². The number of esters is 3. The number of halogens is 1. The number of hydrogen-bond donors (Lipinski definition) is 0. The lowest BCUT2D eigenvalue weighted by Gasteiger charge is -2.25. The van der Waals surface area contributed by atoms with Crippen LogP contribution in [0.25, 0.3) is 0 Å². The molecule has 2 rings (SSSR count). The zero-order valence-electron chi connectivity index (χ0n) is 21.9. The molecular formula is C25H37FN2O9. The van der Waals surface area contributed by atoms with Crippen molar-refractivity contribution in [3.05, 3.63) is 32.9 Å². The smallest absolute Gasteiger partial charge is 0.336 e. The van der Waals surface area contributed by atoms with Gasteiger partial charge in [0.1, 0.15) is 0 Å². The summed E-state index contributed by atoms with van der Waals surface area (Å²) in [6, 6.07) is 0. The van der Waals surface area contributed by atoms with Gasteiger partial charge in [0.05, 0.1) is 12.3 Å². The molecule has 0 bridgehead atoms. The number of carbonyl (C=O) groups excluding carboxylic acids is 3. The zero-order chi connectivity index (χ0) is 27.5. The molecule has 0 radical (unpaired) electrons. The first-order chi connectivity index (χ1) is 17.6. The van der Waals surface area contributed by atoms with Gasteiger partial charge in [-0.1, -0.05) is 40.0 Å². The summed E-state index contributed by atoms with van der Waals surface area (Å²) in [5, 5.41) is 0. The van der Waals surface area contributed by atoms with E-state index in [2.05, 4.69) is 0 Å². The Kier molecular flexibility index (Phi) is 12.0. The molecule has 1 saturated heterocycles. The van der Waals surface area contributed by atoms with Gasteiger partial charge >= 0.3 is 23.6 Å². The Bertz CT molecular complexity index is 1050. The quantitative estimate of drug-likeness (QED) is 0.203. The number of unbranched alkanes of at least 4 members (excludes halogenated alkanes) is 3. The Morgan fingerprint density at radius 1 is 0.892 bits per heavy atom. The van der Waals surface area contributed by atoms with Crippen LogP contribution in [0.4, 0.5) is 4.39 Å². The van der Waals surface area contributed by atoms with Crippen molar-refractivity contribution in [1.29, 1.82) is 0 Å². The van der Waals surface area contributed by atoms with Gasteiger partial charge in [-0.25, -0.2) is 9.36 Å². The molecule has 0 aliphatic carbocycles. The molecule has 208 valence electrons. The van der Waals surface area contributed by atoms with E-state index in [4.69, 9.17) is 18.9 Å². The average Bonchev–Trinajstić information content (AvgIpc) is 3.13. The summed E-state index contributed by atoms with van der Waals surface area (Å²) >= 11 is 0. The Balaban J connectivity index is 2.34. The molecule has 1 fully saturated rings. The van der Waals surface area contributed by atoms with Crippen molar-refractivity contribution in [2.24, 2.45) is 0 Å². The Morgan fingerprint density at radius 3 is 2.11 bits per heavy atom. The normalized spacial score (nSPS) is 21.0. The topological polar surface area (TPSA) is 132 Å². The van der Waals surface area contributed by atoms with Gasteiger partial charge in [-0.3, -0.25) is 23.7 Å². The van der Waals surface area contributed by atoms with Crippen LogP contribution in [-0.4, -0.2) is 45.4 Å². The van der Waals surface area contributed by atoms with Gasteiger partial charge in [0.15, 0.2) is 25.2 Å². The average molecular weight is 529 g/mol. The molecule has 1 aromatic heterocycles. The first kappa shape index (κ1) is 30.2. The molecule has 1 aliphatic heterocycles. The van der Waals surface area contributed by atoms with E-state index in [1.807, 2.05) is 6.92 Å². The van der Waals surface area contributed by atoms with Crippen LogP contribution in [0.1, 0.15) is 91.7 Å². The second-order valence-electron chi connectivity index (χ2n) is 9.00. The summed E-state index contributed by atoms with van der Waals surface area (Å²) in [5.74, 6) is -3.10. The summed E-state index contributed by atoms with van der Waals surface area (Å²) in [4.78, 5) is 62.1. The molecule has 12 heteroatoms. The minimum absolute atomic E-state index is 0.0597. The monoisotopic (exact) mass is 528 g/mol. The highest BCUT2D eigenvalue weighted by atomic mass is 19.1. The minimum Gasteiger partial charge on any atom is -0.455 e. The SMILES string of the molecule is CCCCCCC(=O)OCn1c(=O)c(F)cn([C@@H]2O[C@H](C)[C@@H](OC(=O)CCC)[C@H]2OC(=O)CCC)c1=O. The first-order valence-corrected chi connectivity index (χ1v) is 12.9. The third kappa shape index (κ3) is 8.24. The summed E-state index contributed by atoms with van der Waals surface area (Å²) in [6.45, 7) is 6.36. The van der Waals surface area contributed by atoms with Crippen LogP contribution in [0.15, 0.2) is 15.8 Å². The summed E-state index contributed by atoms with van der Waals surface area (Å²) in [7, 11) is 0. The van der Waals surface area contributed by atoms with E-state index in [9.17, 15) is 28.4 Å². The fourth-order valence-electron chi connectivity index (χ4n) is 3.93. The maximum Gasteiger partial charge on any atom is 0.336 e. The number of nitrogens with zero attached hydrogens (tertiary/aromatic N) is 2. The van der Waals surface area contributed by atoms with Crippen LogP contribution in [0.3, 0.4) is 0 Å². The van der Waals surface area contributed by atoms with E-state index >= 15 is 0 Å². The van der Waals surface area contributed by atoms with Crippen molar-refractivity contribution in [1.82, 2.24) is 9.13 Å². The fourth-order valence-corrected chi connectivity index (χ4v) is 3.93. The lowest BCUT2D eigenvalue weighted by molar-refractivity contribution is -0.168. The highest BCUT2D eigenvalue weighted by Gasteiger charge is 2.49. The van der Waals surface area contributed by atoms with Crippen molar-refractivity contribution < 1.29 is 37.7 Å². The van der Waals surface area contributed by atoms with Gasteiger partial charge in [-0.05, 0) is 26.2 Å². The maximum absolute atomic E-state index is 14.6. The summed E-state index contributed by atoms with van der Waals surface area (Å²) in [6.07, 6.45) is 0.732. The lowest BCUT2D eigenvalue weighted by atomic mass is 10.1. The van der Waals surface area contributed by atoms with Crippen molar-refractivity contribution in [3.8, 4) is 0 Å². The molecule has 0 unspecified atom stereocenters. The van der Waals surface area contributed by atoms with E-state index in [0.29, 0.717) is 30.0 Å². The third-order valence-corrected chi connectivity index (χ3v) is 5.88. The Morgan fingerprint density at radius 2 is 1.51 bits per heavy atom. The number of aromatic nitrogens is 2. The highest BCUT2D eigenvalue weighted by Crippen LogP contribution is 2.33. The van der Waals surface area contributed by atoms with Gasteiger partial charge < -0.3 is 18.9 Å². The molecule has 0 aromatic carbocycles. The van der Waals surface area contributed by atoms with Crippen LogP contribution in [0.5, 0.6) is 0 Å². The predicted molar refractivity (Wildman–Crippen MR) is 129 cm³/mol. The largest absolute Gasteiger partial charge is 0.455 e. The van der Waals surface area contributed by atoms with Gasteiger partial charge in [0, 0.05) is 19.3 Å². The van der Waals surface area contributed by atoms with Crippen LogP contribution in [0, 0.1) is 5.82 Å². The predicted octanol–water partition coefficient (Wildman–Crippen LogP) is 2.96. The molecule has 1 aliphatic rings. The van der Waals surface area contributed by atoms with E-state index in [0.717, 1.165) is 23.8 Å². The fraction of sp³-hybridized carbons (Fsp3) is 0.720. The van der Waals surface area contributed by atoms with Crippen LogP contribution < -0.4 is 11.2 Å². The molecule has 4 atom stereocenters. The number of carbonyl (C=O) groups is 3. The van der Waals surface area contributed by atoms with Gasteiger partial charge in [0.2, 0.25) is 5.82 Å². The molecule has 0 amide bonds. The number of rotatable bonds is 14. The van der Waals surface area contributed by atoms with Crippen LogP contribution in [-0.2, 0) is 40.1 Å². The summed E-state index contributed by atoms with van der Waals surface area (Å²) < 4.78 is 37.6. The van der Waals surface area contributed by atoms with Crippen molar-refractivity contribution in [2.75, 3.05) is 0 Å². The summed E-state index contributed by atoms with van der Waals surface area (Å²) in [5.41, 5.74) is -2.32. The molecule has 2 heterocycles. The van der Waals surface area contributed by atoms with Crippen LogP contribution in [0.2, 0.25) is 0 Å². The van der Waals surface area contributed by atoms with E-state index in [1.165, 1.54) is 0 Å². The Labute approximate surface area is 214 Å². The Hall–Kier alpha value is -3.02. The van der Waals surface area contributed by atoms with Crippen LogP contribution >= 0.6 is 0 Å². The number of ether oxygens (including phenoxy) is 4. The molecule has 0 saturated carbocycles. The second-order valence-corrected chi connectivity index (χ2v) is 9.00. The second kappa shape index (κ2) is 14.7. The molecule has 11 nitrogen and oxygen atoms in total. The molecule has 0 N–H and O–H groups in total. The minimum atomic E-state index is -1.39. The first-order valence-electron chi connectivity index (χ1n) is 12.9. The lowest BCUT2D eigenvalue weighted by Crippen LogP contribution is -2.46. The van der Waals surface area contributed by atoms with Crippen molar-refractivity contribution >= 4 is 17.9 Å². The zero-order valence-corrected chi connectivity index (χ0v) is 21.9. The van der Waals surface area contributed by atoms with E-state index in [1.54, 1.807) is 20.8 Å². The van der Waals surface area contributed by atoms with E-state index < -0.39 is 66.2 Å². The van der Waals surface area contributed by atoms with Gasteiger partial charge in [-0.15, -0.1) is 0 Å². The van der Waals surface area contributed by atoms with Gasteiger partial charge in [-0.2, -0.15) is 4.39 Å². The highest BCUT2D eigenvalue weighted by molar-refractivity contribution is 5.71.